The normalized spacial score (nSPS) is 18.4. The van der Waals surface area contributed by atoms with Gasteiger partial charge in [-0.2, -0.15) is 0 Å². The number of hydrogen-bond donors (Lipinski definition) is 3. The molecule has 0 aromatic rings. The van der Waals surface area contributed by atoms with E-state index in [4.69, 9.17) is 16.6 Å². The molecule has 2 unspecified atom stereocenters. The molecule has 4 amide bonds. The summed E-state index contributed by atoms with van der Waals surface area (Å²) in [6.07, 6.45) is -0.667. The van der Waals surface area contributed by atoms with Gasteiger partial charge >= 0.3 is 17.8 Å². The molecule has 1 saturated heterocycles. The first kappa shape index (κ1) is 16.7. The van der Waals surface area contributed by atoms with Crippen molar-refractivity contribution in [3.8, 4) is 0 Å². The average Bonchev–Trinajstić information content (AvgIpc) is 2.39. The van der Waals surface area contributed by atoms with Gasteiger partial charge in [0.2, 0.25) is 11.8 Å². The van der Waals surface area contributed by atoms with Crippen molar-refractivity contribution in [3.05, 3.63) is 0 Å². The molecule has 1 aliphatic heterocycles. The van der Waals surface area contributed by atoms with Crippen LogP contribution in [0.4, 0.5) is 0 Å². The van der Waals surface area contributed by atoms with E-state index in [0.717, 1.165) is 0 Å². The Morgan fingerprint density at radius 1 is 1.10 bits per heavy atom. The Balaban J connectivity index is 2.82. The van der Waals surface area contributed by atoms with Gasteiger partial charge in [0.25, 0.3) is 0 Å². The highest BCUT2D eigenvalue weighted by Crippen LogP contribution is 2.09. The van der Waals surface area contributed by atoms with Gasteiger partial charge in [-0.25, -0.2) is 0 Å². The minimum Gasteiger partial charge on any atom is -0.481 e. The Labute approximate surface area is 119 Å². The van der Waals surface area contributed by atoms with Crippen LogP contribution in [-0.4, -0.2) is 69.7 Å². The van der Waals surface area contributed by atoms with E-state index in [1.165, 1.54) is 6.92 Å². The molecule has 10 nitrogen and oxygen atoms in total. The van der Waals surface area contributed by atoms with Crippen LogP contribution in [0.5, 0.6) is 0 Å². The predicted octanol–water partition coefficient (Wildman–Crippen LogP) is -3.14. The molecular weight excluding hydrogens is 284 g/mol. The minimum atomic E-state index is -1.44. The molecule has 1 rings (SSSR count). The zero-order valence-electron chi connectivity index (χ0n) is 11.3. The average molecular weight is 300 g/mol. The zero-order chi connectivity index (χ0) is 16.3. The van der Waals surface area contributed by atoms with E-state index >= 15 is 0 Å². The Bertz CT molecular complexity index is 503. The maximum Gasteiger partial charge on any atom is 0.319 e. The molecule has 1 heterocycles. The summed E-state index contributed by atoms with van der Waals surface area (Å²) >= 11 is 0. The molecule has 5 N–H and O–H groups in total. The number of carbonyl (C=O) groups is 5. The monoisotopic (exact) mass is 300 g/mol. The topological polar surface area (TPSA) is 164 Å². The van der Waals surface area contributed by atoms with Gasteiger partial charge in [0.15, 0.2) is 0 Å². The van der Waals surface area contributed by atoms with Crippen molar-refractivity contribution < 1.29 is 29.1 Å². The summed E-state index contributed by atoms with van der Waals surface area (Å²) < 4.78 is 0. The number of hydrogen-bond acceptors (Lipinski definition) is 7. The fraction of sp³-hybridized carbons (Fsp3) is 0.545. The summed E-state index contributed by atoms with van der Waals surface area (Å²) in [4.78, 5) is 58.8. The van der Waals surface area contributed by atoms with Crippen LogP contribution in [0, 0.1) is 0 Å². The van der Waals surface area contributed by atoms with Crippen LogP contribution < -0.4 is 11.5 Å². The number of rotatable bonds is 4. The third-order valence-electron chi connectivity index (χ3n) is 2.85. The second kappa shape index (κ2) is 6.41. The molecular formula is C11H16N4O6. The van der Waals surface area contributed by atoms with Gasteiger partial charge in [0.05, 0.1) is 18.5 Å². The first-order valence-electron chi connectivity index (χ1n) is 6.10. The van der Waals surface area contributed by atoms with Gasteiger partial charge < -0.3 is 16.6 Å². The lowest BCUT2D eigenvalue weighted by molar-refractivity contribution is -0.165. The van der Waals surface area contributed by atoms with E-state index in [9.17, 15) is 24.0 Å². The summed E-state index contributed by atoms with van der Waals surface area (Å²) in [5, 5.41) is 8.56. The van der Waals surface area contributed by atoms with E-state index in [1.54, 1.807) is 0 Å². The molecule has 0 saturated carbocycles. The van der Waals surface area contributed by atoms with Gasteiger partial charge in [-0.15, -0.1) is 0 Å². The Kier molecular flexibility index (Phi) is 5.11. The van der Waals surface area contributed by atoms with Gasteiger partial charge in [-0.05, 0) is 6.92 Å². The molecule has 21 heavy (non-hydrogen) atoms. The molecule has 1 fully saturated rings. The number of nitrogens with two attached hydrogens (primary N) is 2. The van der Waals surface area contributed by atoms with Gasteiger partial charge in [0.1, 0.15) is 0 Å². The summed E-state index contributed by atoms with van der Waals surface area (Å²) in [7, 11) is 0. The van der Waals surface area contributed by atoms with Gasteiger partial charge in [0, 0.05) is 13.1 Å². The van der Waals surface area contributed by atoms with E-state index in [1.807, 2.05) is 0 Å². The number of imide groups is 2. The summed E-state index contributed by atoms with van der Waals surface area (Å²) in [6.45, 7) is 0.923. The van der Waals surface area contributed by atoms with Crippen LogP contribution in [0.15, 0.2) is 0 Å². The number of amides is 4. The number of aliphatic carboxylic acids is 1. The van der Waals surface area contributed by atoms with Crippen molar-refractivity contribution in [1.82, 2.24) is 9.80 Å². The predicted molar refractivity (Wildman–Crippen MR) is 67.3 cm³/mol. The second-order valence-electron chi connectivity index (χ2n) is 4.58. The quantitative estimate of drug-likeness (QED) is 0.458. The molecule has 0 aromatic heterocycles. The van der Waals surface area contributed by atoms with Crippen LogP contribution >= 0.6 is 0 Å². The van der Waals surface area contributed by atoms with Crippen molar-refractivity contribution in [3.63, 3.8) is 0 Å². The zero-order valence-corrected chi connectivity index (χ0v) is 11.3. The van der Waals surface area contributed by atoms with Gasteiger partial charge in [-0.1, -0.05) is 0 Å². The van der Waals surface area contributed by atoms with Crippen molar-refractivity contribution in [2.75, 3.05) is 13.1 Å². The lowest BCUT2D eigenvalue weighted by Gasteiger charge is -2.32. The van der Waals surface area contributed by atoms with Crippen LogP contribution in [0.1, 0.15) is 13.3 Å². The van der Waals surface area contributed by atoms with E-state index < -0.39 is 48.1 Å². The fourth-order valence-electron chi connectivity index (χ4n) is 1.78. The number of carboxylic acid groups (broad SMARTS) is 1. The van der Waals surface area contributed by atoms with E-state index in [2.05, 4.69) is 0 Å². The third-order valence-corrected chi connectivity index (χ3v) is 2.85. The minimum absolute atomic E-state index is 0.198. The number of nitrogens with zero attached hydrogens (tertiary/aromatic N) is 2. The lowest BCUT2D eigenvalue weighted by atomic mass is 10.1. The highest BCUT2D eigenvalue weighted by molar-refractivity contribution is 6.40. The maximum atomic E-state index is 11.8. The Morgan fingerprint density at radius 3 is 1.90 bits per heavy atom. The lowest BCUT2D eigenvalue weighted by Crippen LogP contribution is -2.62. The molecule has 0 spiro atoms. The number of piperazine rings is 1. The van der Waals surface area contributed by atoms with E-state index in [0.29, 0.717) is 9.80 Å². The van der Waals surface area contributed by atoms with Crippen LogP contribution in [0.3, 0.4) is 0 Å². The number of carboxylic acids is 1. The second-order valence-corrected chi connectivity index (χ2v) is 4.58. The molecule has 1 aliphatic rings. The maximum absolute atomic E-state index is 11.8. The molecule has 10 heteroatoms. The molecule has 0 aromatic carbocycles. The third kappa shape index (κ3) is 3.61. The first-order chi connectivity index (χ1) is 9.66. The van der Waals surface area contributed by atoms with Crippen molar-refractivity contribution in [2.24, 2.45) is 11.5 Å². The smallest absolute Gasteiger partial charge is 0.319 e. The fourth-order valence-corrected chi connectivity index (χ4v) is 1.78. The van der Waals surface area contributed by atoms with Gasteiger partial charge in [-0.3, -0.25) is 33.8 Å². The van der Waals surface area contributed by atoms with Crippen LogP contribution in [0.2, 0.25) is 0 Å². The number of carbonyl (C=O) groups excluding carboxylic acids is 4. The summed E-state index contributed by atoms with van der Waals surface area (Å²) in [5.74, 6) is -5.40. The Hall–Kier alpha value is -2.33. The van der Waals surface area contributed by atoms with Crippen molar-refractivity contribution in [1.29, 1.82) is 0 Å². The molecule has 0 aliphatic carbocycles. The standard InChI is InChI=1S/C11H16N4O6/c1-5(12)8(18)14-2-3-15(11(21)10(14)20)9(19)6(13)4-7(16)17/h5-6H,2-4,12-13H2,1H3,(H,16,17). The Morgan fingerprint density at radius 2 is 1.52 bits per heavy atom. The van der Waals surface area contributed by atoms with Crippen molar-refractivity contribution in [2.45, 2.75) is 25.4 Å². The van der Waals surface area contributed by atoms with E-state index in [-0.39, 0.29) is 13.1 Å². The van der Waals surface area contributed by atoms with Crippen LogP contribution in [0.25, 0.3) is 0 Å². The highest BCUT2D eigenvalue weighted by atomic mass is 16.4. The molecule has 0 radical (unpaired) electrons. The summed E-state index contributed by atoms with van der Waals surface area (Å²) in [5.41, 5.74) is 10.7. The highest BCUT2D eigenvalue weighted by Gasteiger charge is 2.41. The van der Waals surface area contributed by atoms with Crippen molar-refractivity contribution >= 4 is 29.6 Å². The molecule has 116 valence electrons. The molecule has 0 bridgehead atoms. The van der Waals surface area contributed by atoms with Crippen LogP contribution in [-0.2, 0) is 24.0 Å². The summed E-state index contributed by atoms with van der Waals surface area (Å²) in [6, 6.07) is -2.40. The SMILES string of the molecule is CC(N)C(=O)N1CCN(C(=O)C(N)CC(=O)O)C(=O)C1=O. The first-order valence-corrected chi connectivity index (χ1v) is 6.10. The molecule has 2 atom stereocenters. The largest absolute Gasteiger partial charge is 0.481 e.